The summed E-state index contributed by atoms with van der Waals surface area (Å²) in [4.78, 5) is 8.35. The third-order valence-electron chi connectivity index (χ3n) is 2.45. The van der Waals surface area contributed by atoms with E-state index in [1.165, 1.54) is 0 Å². The van der Waals surface area contributed by atoms with Crippen molar-refractivity contribution in [2.45, 2.75) is 13.8 Å². The summed E-state index contributed by atoms with van der Waals surface area (Å²) in [6, 6.07) is 3.43. The van der Waals surface area contributed by atoms with Crippen LogP contribution in [0, 0.1) is 18.6 Å². The van der Waals surface area contributed by atoms with Gasteiger partial charge in [0.2, 0.25) is 5.95 Å². The second kappa shape index (κ2) is 6.00. The van der Waals surface area contributed by atoms with Crippen LogP contribution in [-0.2, 0) is 0 Å². The van der Waals surface area contributed by atoms with Gasteiger partial charge < -0.3 is 10.6 Å². The maximum Gasteiger partial charge on any atom is 0.224 e. The summed E-state index contributed by atoms with van der Waals surface area (Å²) < 4.78 is 26.7. The largest absolute Gasteiger partial charge is 0.354 e. The van der Waals surface area contributed by atoms with E-state index in [9.17, 15) is 8.78 Å². The van der Waals surface area contributed by atoms with Crippen LogP contribution in [0.3, 0.4) is 0 Å². The van der Waals surface area contributed by atoms with Gasteiger partial charge in [0.25, 0.3) is 0 Å². The summed E-state index contributed by atoms with van der Waals surface area (Å²) in [6.45, 7) is 4.36. The predicted molar refractivity (Wildman–Crippen MR) is 75.6 cm³/mol. The standard InChI is InChI=1S/C13H13ClF2N4/c1-3-17-13-18-7(2)4-11(20-13)19-12-9(14)5-8(15)6-10(12)16/h4-6H,3H2,1-2H3,(H2,17,18,19,20). The van der Waals surface area contributed by atoms with E-state index < -0.39 is 11.6 Å². The van der Waals surface area contributed by atoms with E-state index in [2.05, 4.69) is 20.6 Å². The molecule has 7 heteroatoms. The van der Waals surface area contributed by atoms with Gasteiger partial charge in [0.1, 0.15) is 11.6 Å². The van der Waals surface area contributed by atoms with E-state index in [4.69, 9.17) is 11.6 Å². The van der Waals surface area contributed by atoms with Gasteiger partial charge in [-0.2, -0.15) is 4.98 Å². The lowest BCUT2D eigenvalue weighted by atomic mass is 10.3. The molecule has 1 aromatic heterocycles. The topological polar surface area (TPSA) is 49.8 Å². The van der Waals surface area contributed by atoms with Gasteiger partial charge in [-0.25, -0.2) is 13.8 Å². The van der Waals surface area contributed by atoms with Crippen LogP contribution in [-0.4, -0.2) is 16.5 Å². The Morgan fingerprint density at radius 2 is 1.95 bits per heavy atom. The molecule has 1 heterocycles. The molecule has 4 nitrogen and oxygen atoms in total. The van der Waals surface area contributed by atoms with Crippen molar-refractivity contribution in [3.05, 3.63) is 40.6 Å². The first kappa shape index (κ1) is 14.5. The summed E-state index contributed by atoms with van der Waals surface area (Å²) in [5.74, 6) is -0.712. The van der Waals surface area contributed by atoms with Gasteiger partial charge in [-0.15, -0.1) is 0 Å². The van der Waals surface area contributed by atoms with Crippen molar-refractivity contribution in [3.63, 3.8) is 0 Å². The molecule has 0 atom stereocenters. The Morgan fingerprint density at radius 3 is 2.60 bits per heavy atom. The second-order valence-corrected chi connectivity index (χ2v) is 4.53. The molecule has 0 aliphatic heterocycles. The number of benzene rings is 1. The maximum atomic E-state index is 13.7. The number of nitrogens with one attached hydrogen (secondary N) is 2. The Balaban J connectivity index is 2.35. The Bertz CT molecular complexity index is 611. The molecule has 0 amide bonds. The maximum absolute atomic E-state index is 13.7. The highest BCUT2D eigenvalue weighted by atomic mass is 35.5. The van der Waals surface area contributed by atoms with E-state index in [-0.39, 0.29) is 10.7 Å². The molecule has 0 aliphatic carbocycles. The zero-order chi connectivity index (χ0) is 14.7. The van der Waals surface area contributed by atoms with Crippen LogP contribution >= 0.6 is 11.6 Å². The quantitative estimate of drug-likeness (QED) is 0.899. The molecule has 20 heavy (non-hydrogen) atoms. The number of hydrogen-bond donors (Lipinski definition) is 2. The molecule has 0 aliphatic rings. The average molecular weight is 299 g/mol. The van der Waals surface area contributed by atoms with Crippen LogP contribution in [0.4, 0.5) is 26.2 Å². The molecule has 0 saturated heterocycles. The first-order chi connectivity index (χ1) is 9.49. The molecule has 2 aromatic rings. The minimum absolute atomic E-state index is 0.0198. The van der Waals surface area contributed by atoms with Gasteiger partial charge in [0.15, 0.2) is 5.82 Å². The molecule has 0 spiro atoms. The van der Waals surface area contributed by atoms with Gasteiger partial charge in [0.05, 0.1) is 10.7 Å². The molecule has 0 radical (unpaired) electrons. The molecule has 0 fully saturated rings. The SMILES string of the molecule is CCNc1nc(C)cc(Nc2c(F)cc(F)cc2Cl)n1. The Morgan fingerprint density at radius 1 is 1.20 bits per heavy atom. The first-order valence-corrected chi connectivity index (χ1v) is 6.38. The fraction of sp³-hybridized carbons (Fsp3) is 0.231. The van der Waals surface area contributed by atoms with Gasteiger partial charge in [-0.05, 0) is 19.9 Å². The third-order valence-corrected chi connectivity index (χ3v) is 2.75. The number of anilines is 3. The van der Waals surface area contributed by atoms with E-state index in [0.717, 1.165) is 12.1 Å². The van der Waals surface area contributed by atoms with Gasteiger partial charge in [-0.3, -0.25) is 0 Å². The zero-order valence-corrected chi connectivity index (χ0v) is 11.7. The smallest absolute Gasteiger partial charge is 0.224 e. The highest BCUT2D eigenvalue weighted by Crippen LogP contribution is 2.29. The van der Waals surface area contributed by atoms with Gasteiger partial charge >= 0.3 is 0 Å². The van der Waals surface area contributed by atoms with E-state index >= 15 is 0 Å². The van der Waals surface area contributed by atoms with Crippen LogP contribution in [0.5, 0.6) is 0 Å². The second-order valence-electron chi connectivity index (χ2n) is 4.12. The molecule has 2 rings (SSSR count). The van der Waals surface area contributed by atoms with Crippen LogP contribution in [0.15, 0.2) is 18.2 Å². The fourth-order valence-corrected chi connectivity index (χ4v) is 1.90. The number of halogens is 3. The molecular weight excluding hydrogens is 286 g/mol. The minimum atomic E-state index is -0.781. The number of aromatic nitrogens is 2. The Hall–Kier alpha value is -1.95. The lowest BCUT2D eigenvalue weighted by Gasteiger charge is -2.11. The van der Waals surface area contributed by atoms with E-state index in [1.807, 2.05) is 6.92 Å². The highest BCUT2D eigenvalue weighted by molar-refractivity contribution is 6.33. The lowest BCUT2D eigenvalue weighted by Crippen LogP contribution is -2.06. The molecule has 0 unspecified atom stereocenters. The van der Waals surface area contributed by atoms with Crippen molar-refractivity contribution in [2.24, 2.45) is 0 Å². The zero-order valence-electron chi connectivity index (χ0n) is 11.0. The van der Waals surface area contributed by atoms with Crippen LogP contribution < -0.4 is 10.6 Å². The fourth-order valence-electron chi connectivity index (χ4n) is 1.66. The lowest BCUT2D eigenvalue weighted by molar-refractivity contribution is 0.586. The Labute approximate surface area is 120 Å². The first-order valence-electron chi connectivity index (χ1n) is 6.00. The highest BCUT2D eigenvalue weighted by Gasteiger charge is 2.11. The van der Waals surface area contributed by atoms with Gasteiger partial charge in [-0.1, -0.05) is 11.6 Å². The third kappa shape index (κ3) is 3.33. The van der Waals surface area contributed by atoms with Crippen LogP contribution in [0.1, 0.15) is 12.6 Å². The average Bonchev–Trinajstić information content (AvgIpc) is 2.33. The summed E-state index contributed by atoms with van der Waals surface area (Å²) in [5.41, 5.74) is 0.686. The minimum Gasteiger partial charge on any atom is -0.354 e. The molecule has 0 bridgehead atoms. The molecular formula is C13H13ClF2N4. The summed E-state index contributed by atoms with van der Waals surface area (Å²) in [5, 5.41) is 5.65. The van der Waals surface area contributed by atoms with E-state index in [0.29, 0.717) is 24.0 Å². The summed E-state index contributed by atoms with van der Waals surface area (Å²) in [6.07, 6.45) is 0. The summed E-state index contributed by atoms with van der Waals surface area (Å²) in [7, 11) is 0. The molecule has 0 saturated carbocycles. The van der Waals surface area contributed by atoms with Crippen molar-refractivity contribution in [1.29, 1.82) is 0 Å². The summed E-state index contributed by atoms with van der Waals surface area (Å²) >= 11 is 5.82. The predicted octanol–water partition coefficient (Wildman–Crippen LogP) is 3.89. The molecule has 1 aromatic carbocycles. The van der Waals surface area contributed by atoms with Crippen molar-refractivity contribution in [2.75, 3.05) is 17.2 Å². The van der Waals surface area contributed by atoms with Gasteiger partial charge in [0, 0.05) is 24.4 Å². The number of rotatable bonds is 4. The molecule has 106 valence electrons. The number of aryl methyl sites for hydroxylation is 1. The van der Waals surface area contributed by atoms with Crippen molar-refractivity contribution in [1.82, 2.24) is 9.97 Å². The Kier molecular flexibility index (Phi) is 4.34. The van der Waals surface area contributed by atoms with Crippen molar-refractivity contribution in [3.8, 4) is 0 Å². The van der Waals surface area contributed by atoms with E-state index in [1.54, 1.807) is 13.0 Å². The number of hydrogen-bond acceptors (Lipinski definition) is 4. The van der Waals surface area contributed by atoms with Crippen LogP contribution in [0.25, 0.3) is 0 Å². The normalized spacial score (nSPS) is 10.4. The van der Waals surface area contributed by atoms with Crippen molar-refractivity contribution < 1.29 is 8.78 Å². The van der Waals surface area contributed by atoms with Crippen molar-refractivity contribution >= 4 is 29.1 Å². The number of nitrogens with zero attached hydrogens (tertiary/aromatic N) is 2. The molecule has 2 N–H and O–H groups in total. The van der Waals surface area contributed by atoms with Crippen LogP contribution in [0.2, 0.25) is 5.02 Å². The monoisotopic (exact) mass is 298 g/mol.